The molecule has 0 aliphatic heterocycles. The molecule has 0 fully saturated rings. The minimum absolute atomic E-state index is 0.0316. The molecule has 1 unspecified atom stereocenters. The van der Waals surface area contributed by atoms with Gasteiger partial charge in [-0.2, -0.15) is 0 Å². The minimum Gasteiger partial charge on any atom is -0.355 e. The van der Waals surface area contributed by atoms with Gasteiger partial charge in [-0.05, 0) is 73.9 Å². The van der Waals surface area contributed by atoms with Crippen molar-refractivity contribution in [1.82, 2.24) is 10.2 Å². The Morgan fingerprint density at radius 1 is 0.818 bits per heavy atom. The number of rotatable bonds is 12. The van der Waals surface area contributed by atoms with Crippen molar-refractivity contribution < 1.29 is 18.0 Å². The van der Waals surface area contributed by atoms with Gasteiger partial charge in [-0.15, -0.1) is 0 Å². The third kappa shape index (κ3) is 8.00. The number of nitrogens with one attached hydrogen (secondary N) is 1. The number of carbonyl (C=O) groups is 2. The van der Waals surface area contributed by atoms with Crippen molar-refractivity contribution >= 4 is 50.7 Å². The Labute approximate surface area is 269 Å². The van der Waals surface area contributed by atoms with Crippen molar-refractivity contribution in [2.75, 3.05) is 17.4 Å². The number of carbonyl (C=O) groups excluding carboxylic acids is 2. The Kier molecular flexibility index (Phi) is 11.1. The van der Waals surface area contributed by atoms with Gasteiger partial charge in [0.25, 0.3) is 10.0 Å². The molecule has 230 valence electrons. The molecule has 0 heterocycles. The first-order valence-corrected chi connectivity index (χ1v) is 16.4. The molecule has 44 heavy (non-hydrogen) atoms. The fourth-order valence-electron chi connectivity index (χ4n) is 4.85. The summed E-state index contributed by atoms with van der Waals surface area (Å²) in [7, 11) is -4.22. The molecule has 0 aliphatic rings. The van der Waals surface area contributed by atoms with Crippen LogP contribution in [0.1, 0.15) is 29.2 Å². The number of nitrogens with zero attached hydrogens (tertiary/aromatic N) is 2. The highest BCUT2D eigenvalue weighted by molar-refractivity contribution is 7.92. The Balaban J connectivity index is 1.82. The van der Waals surface area contributed by atoms with E-state index in [2.05, 4.69) is 5.32 Å². The van der Waals surface area contributed by atoms with Crippen molar-refractivity contribution in [2.45, 2.75) is 44.7 Å². The molecule has 0 bridgehead atoms. The fourth-order valence-corrected chi connectivity index (χ4v) is 6.62. The van der Waals surface area contributed by atoms with Gasteiger partial charge in [-0.3, -0.25) is 13.9 Å². The van der Waals surface area contributed by atoms with Gasteiger partial charge in [-0.25, -0.2) is 8.42 Å². The van der Waals surface area contributed by atoms with Gasteiger partial charge in [0.2, 0.25) is 11.8 Å². The van der Waals surface area contributed by atoms with Crippen molar-refractivity contribution in [3.8, 4) is 0 Å². The minimum atomic E-state index is -4.22. The number of benzene rings is 4. The summed E-state index contributed by atoms with van der Waals surface area (Å²) in [6.45, 7) is 5.23. The molecule has 1 atom stereocenters. The zero-order chi connectivity index (χ0) is 31.9. The van der Waals surface area contributed by atoms with E-state index < -0.39 is 28.5 Å². The summed E-state index contributed by atoms with van der Waals surface area (Å²) in [5, 5.41) is 3.75. The zero-order valence-corrected chi connectivity index (χ0v) is 27.2. The fraction of sp³-hybridized carbons (Fsp3) is 0.235. The first-order chi connectivity index (χ1) is 21.0. The Morgan fingerprint density at radius 3 is 2.11 bits per heavy atom. The van der Waals surface area contributed by atoms with Gasteiger partial charge in [0.1, 0.15) is 12.6 Å². The van der Waals surface area contributed by atoms with E-state index in [9.17, 15) is 18.0 Å². The summed E-state index contributed by atoms with van der Waals surface area (Å²) < 4.78 is 29.4. The number of halogens is 2. The number of hydrogen-bond acceptors (Lipinski definition) is 4. The quantitative estimate of drug-likeness (QED) is 0.187. The van der Waals surface area contributed by atoms with E-state index in [0.29, 0.717) is 22.2 Å². The van der Waals surface area contributed by atoms with Crippen LogP contribution in [-0.4, -0.2) is 44.3 Å². The maximum absolute atomic E-state index is 14.4. The summed E-state index contributed by atoms with van der Waals surface area (Å²) in [5.74, 6) is -0.896. The average molecular weight is 653 g/mol. The summed E-state index contributed by atoms with van der Waals surface area (Å²) in [6.07, 6.45) is 0.229. The van der Waals surface area contributed by atoms with Crippen LogP contribution in [0.5, 0.6) is 0 Å². The van der Waals surface area contributed by atoms with Crippen LogP contribution in [0.25, 0.3) is 0 Å². The Bertz CT molecular complexity index is 1700. The lowest BCUT2D eigenvalue weighted by molar-refractivity contribution is -0.140. The summed E-state index contributed by atoms with van der Waals surface area (Å²) in [6, 6.07) is 26.8. The Morgan fingerprint density at radius 2 is 1.48 bits per heavy atom. The van der Waals surface area contributed by atoms with Gasteiger partial charge in [0.15, 0.2) is 0 Å². The van der Waals surface area contributed by atoms with Gasteiger partial charge in [-0.1, -0.05) is 89.4 Å². The molecule has 0 radical (unpaired) electrons. The lowest BCUT2D eigenvalue weighted by atomic mass is 10.0. The topological polar surface area (TPSA) is 86.8 Å². The maximum Gasteiger partial charge on any atom is 0.264 e. The highest BCUT2D eigenvalue weighted by Gasteiger charge is 2.35. The molecule has 10 heteroatoms. The predicted octanol–water partition coefficient (Wildman–Crippen LogP) is 6.58. The lowest BCUT2D eigenvalue weighted by Gasteiger charge is -2.34. The van der Waals surface area contributed by atoms with Crippen molar-refractivity contribution in [2.24, 2.45) is 0 Å². The van der Waals surface area contributed by atoms with Crippen LogP contribution in [0.4, 0.5) is 5.69 Å². The van der Waals surface area contributed by atoms with Crippen molar-refractivity contribution in [3.05, 3.63) is 129 Å². The molecule has 0 saturated heterocycles. The molecule has 4 aromatic carbocycles. The van der Waals surface area contributed by atoms with Crippen LogP contribution in [0.3, 0.4) is 0 Å². The van der Waals surface area contributed by atoms with Crippen LogP contribution in [-0.2, 0) is 32.6 Å². The number of likely N-dealkylation sites (N-methyl/N-ethyl adjacent to an activating group) is 1. The summed E-state index contributed by atoms with van der Waals surface area (Å²) in [5.41, 5.74) is 3.26. The van der Waals surface area contributed by atoms with E-state index in [1.807, 2.05) is 37.3 Å². The number of anilines is 1. The average Bonchev–Trinajstić information content (AvgIpc) is 3.01. The molecular formula is C34H35Cl2N3O4S. The van der Waals surface area contributed by atoms with Crippen LogP contribution < -0.4 is 9.62 Å². The monoisotopic (exact) mass is 651 g/mol. The third-order valence-electron chi connectivity index (χ3n) is 7.28. The molecule has 4 aromatic rings. The van der Waals surface area contributed by atoms with Crippen LogP contribution >= 0.6 is 23.2 Å². The first-order valence-electron chi connectivity index (χ1n) is 14.2. The summed E-state index contributed by atoms with van der Waals surface area (Å²) in [4.78, 5) is 29.5. The highest BCUT2D eigenvalue weighted by Crippen LogP contribution is 2.31. The number of hydrogen-bond donors (Lipinski definition) is 1. The van der Waals surface area contributed by atoms with Crippen LogP contribution in [0.2, 0.25) is 10.0 Å². The second kappa shape index (κ2) is 14.8. The lowest BCUT2D eigenvalue weighted by Crippen LogP contribution is -2.53. The smallest absolute Gasteiger partial charge is 0.264 e. The van der Waals surface area contributed by atoms with E-state index in [1.165, 1.54) is 17.0 Å². The number of aryl methyl sites for hydroxylation is 1. The van der Waals surface area contributed by atoms with Gasteiger partial charge < -0.3 is 10.2 Å². The highest BCUT2D eigenvalue weighted by atomic mass is 35.5. The zero-order valence-electron chi connectivity index (χ0n) is 24.8. The van der Waals surface area contributed by atoms with Crippen molar-refractivity contribution in [3.63, 3.8) is 0 Å². The number of amides is 2. The molecule has 0 saturated carbocycles. The first kappa shape index (κ1) is 33.1. The SMILES string of the molecule is CCNC(=O)C(Cc1ccccc1)N(Cc1ccc(Cl)cc1)C(=O)CN(c1cccc(Cl)c1C)S(=O)(=O)c1ccc(C)cc1. The van der Waals surface area contributed by atoms with Gasteiger partial charge in [0, 0.05) is 29.6 Å². The van der Waals surface area contributed by atoms with E-state index in [4.69, 9.17) is 23.2 Å². The molecule has 2 amide bonds. The third-order valence-corrected chi connectivity index (χ3v) is 9.72. The van der Waals surface area contributed by atoms with E-state index in [-0.39, 0.29) is 29.5 Å². The Hall–Kier alpha value is -3.85. The van der Waals surface area contributed by atoms with E-state index in [0.717, 1.165) is 21.0 Å². The second-order valence-corrected chi connectivity index (χ2v) is 13.2. The summed E-state index contributed by atoms with van der Waals surface area (Å²) >= 11 is 12.6. The number of sulfonamides is 1. The molecule has 7 nitrogen and oxygen atoms in total. The van der Waals surface area contributed by atoms with E-state index in [1.54, 1.807) is 68.4 Å². The molecular weight excluding hydrogens is 617 g/mol. The second-order valence-electron chi connectivity index (χ2n) is 10.5. The normalized spacial score (nSPS) is 11.9. The van der Waals surface area contributed by atoms with Gasteiger partial charge in [0.05, 0.1) is 10.6 Å². The largest absolute Gasteiger partial charge is 0.355 e. The molecule has 0 spiro atoms. The van der Waals surface area contributed by atoms with Crippen molar-refractivity contribution in [1.29, 1.82) is 0 Å². The molecule has 0 aliphatic carbocycles. The maximum atomic E-state index is 14.4. The predicted molar refractivity (Wildman–Crippen MR) is 177 cm³/mol. The molecule has 1 N–H and O–H groups in total. The van der Waals surface area contributed by atoms with Crippen LogP contribution in [0, 0.1) is 13.8 Å². The molecule has 0 aromatic heterocycles. The standard InChI is InChI=1S/C34H35Cl2N3O4S/c1-4-37-34(41)32(21-26-9-6-5-7-10-26)38(22-27-15-17-28(35)18-16-27)33(40)23-39(31-12-8-11-30(36)25(31)3)44(42,43)29-19-13-24(2)14-20-29/h5-20,32H,4,21-23H2,1-3H3,(H,37,41). The van der Waals surface area contributed by atoms with Crippen LogP contribution in [0.15, 0.2) is 102 Å². The van der Waals surface area contributed by atoms with Gasteiger partial charge >= 0.3 is 0 Å². The van der Waals surface area contributed by atoms with E-state index >= 15 is 0 Å². The molecule has 4 rings (SSSR count).